The van der Waals surface area contributed by atoms with Crippen molar-refractivity contribution in [3.63, 3.8) is 0 Å². The van der Waals surface area contributed by atoms with E-state index in [1.54, 1.807) is 48.5 Å². The van der Waals surface area contributed by atoms with Crippen LogP contribution < -0.4 is 5.32 Å². The number of rotatable bonds is 4. The molecule has 2 rings (SSSR count). The van der Waals surface area contributed by atoms with Crippen LogP contribution in [0.5, 0.6) is 0 Å². The molecule has 5 heteroatoms. The first-order valence-electron chi connectivity index (χ1n) is 6.21. The molecule has 2 aromatic carbocycles. The highest BCUT2D eigenvalue weighted by molar-refractivity contribution is 6.04. The fraction of sp³-hybridized carbons (Fsp3) is 0.0625. The summed E-state index contributed by atoms with van der Waals surface area (Å²) < 4.78 is 0. The van der Waals surface area contributed by atoms with Gasteiger partial charge in [0.05, 0.1) is 18.1 Å². The molecule has 1 amide bonds. The summed E-state index contributed by atoms with van der Waals surface area (Å²) in [5, 5.41) is 20.2. The number of hydrogen-bond donors (Lipinski definition) is 2. The van der Waals surface area contributed by atoms with E-state index in [1.165, 1.54) is 0 Å². The van der Waals surface area contributed by atoms with E-state index in [-0.39, 0.29) is 12.3 Å². The van der Waals surface area contributed by atoms with Crippen LogP contribution in [0.2, 0.25) is 0 Å². The molecule has 0 unspecified atom stereocenters. The number of carbonyl (C=O) groups is 2. The van der Waals surface area contributed by atoms with Gasteiger partial charge in [-0.25, -0.2) is 0 Å². The van der Waals surface area contributed by atoms with Crippen molar-refractivity contribution < 1.29 is 14.7 Å². The molecule has 2 N–H and O–H groups in total. The van der Waals surface area contributed by atoms with E-state index in [1.807, 2.05) is 6.07 Å². The highest BCUT2D eigenvalue weighted by Gasteiger charge is 2.08. The van der Waals surface area contributed by atoms with Gasteiger partial charge in [0.1, 0.15) is 0 Å². The zero-order valence-electron chi connectivity index (χ0n) is 11.0. The van der Waals surface area contributed by atoms with Crippen LogP contribution in [-0.4, -0.2) is 17.0 Å². The second-order valence-corrected chi connectivity index (χ2v) is 4.41. The maximum atomic E-state index is 12.1. The van der Waals surface area contributed by atoms with Gasteiger partial charge >= 0.3 is 5.97 Å². The number of hydrogen-bond acceptors (Lipinski definition) is 3. The van der Waals surface area contributed by atoms with Crippen molar-refractivity contribution in [3.8, 4) is 6.07 Å². The number of amides is 1. The van der Waals surface area contributed by atoms with Gasteiger partial charge in [-0.1, -0.05) is 12.1 Å². The Bertz CT molecular complexity index is 715. The van der Waals surface area contributed by atoms with Gasteiger partial charge in [0.2, 0.25) is 0 Å². The minimum Gasteiger partial charge on any atom is -0.481 e. The third-order valence-electron chi connectivity index (χ3n) is 2.82. The molecule has 5 nitrogen and oxygen atoms in total. The third-order valence-corrected chi connectivity index (χ3v) is 2.82. The number of carboxylic acid groups (broad SMARTS) is 1. The van der Waals surface area contributed by atoms with E-state index >= 15 is 0 Å². The fourth-order valence-electron chi connectivity index (χ4n) is 1.83. The Labute approximate surface area is 121 Å². The number of aliphatic carboxylic acids is 1. The maximum Gasteiger partial charge on any atom is 0.307 e. The van der Waals surface area contributed by atoms with Crippen LogP contribution in [0.25, 0.3) is 0 Å². The second kappa shape index (κ2) is 6.35. The molecule has 0 fully saturated rings. The molecule has 0 atom stereocenters. The van der Waals surface area contributed by atoms with Gasteiger partial charge < -0.3 is 10.4 Å². The number of anilines is 1. The number of carboxylic acids is 1. The quantitative estimate of drug-likeness (QED) is 0.900. The highest BCUT2D eigenvalue weighted by atomic mass is 16.4. The van der Waals surface area contributed by atoms with Crippen molar-refractivity contribution in [2.24, 2.45) is 0 Å². The average molecular weight is 280 g/mol. The van der Waals surface area contributed by atoms with Crippen molar-refractivity contribution in [2.45, 2.75) is 6.42 Å². The van der Waals surface area contributed by atoms with Crippen molar-refractivity contribution in [1.82, 2.24) is 0 Å². The molecule has 0 saturated heterocycles. The summed E-state index contributed by atoms with van der Waals surface area (Å²) in [4.78, 5) is 22.8. The largest absolute Gasteiger partial charge is 0.481 e. The van der Waals surface area contributed by atoms with Gasteiger partial charge in [-0.05, 0) is 42.0 Å². The molecule has 0 aliphatic heterocycles. The minimum absolute atomic E-state index is 0.127. The molecule has 0 bridgehead atoms. The highest BCUT2D eigenvalue weighted by Crippen LogP contribution is 2.12. The van der Waals surface area contributed by atoms with Crippen LogP contribution in [0.1, 0.15) is 21.5 Å². The Kier molecular flexibility index (Phi) is 4.32. The standard InChI is InChI=1S/C16H12N2O3/c17-10-11-4-6-14(7-5-11)18-16(21)13-3-1-2-12(8-13)9-15(19)20/h1-8H,9H2,(H,18,21)(H,19,20). The van der Waals surface area contributed by atoms with Crippen LogP contribution in [0.15, 0.2) is 48.5 Å². The summed E-state index contributed by atoms with van der Waals surface area (Å²) in [6.07, 6.45) is -0.127. The molecular weight excluding hydrogens is 268 g/mol. The van der Waals surface area contributed by atoms with E-state index in [0.29, 0.717) is 22.4 Å². The summed E-state index contributed by atoms with van der Waals surface area (Å²) in [5.41, 5.74) is 2.03. The normalized spacial score (nSPS) is 9.67. The van der Waals surface area contributed by atoms with E-state index in [2.05, 4.69) is 5.32 Å². The van der Waals surface area contributed by atoms with Crippen molar-refractivity contribution in [1.29, 1.82) is 5.26 Å². The lowest BCUT2D eigenvalue weighted by atomic mass is 10.1. The number of nitrogens with one attached hydrogen (secondary N) is 1. The van der Waals surface area contributed by atoms with Crippen molar-refractivity contribution in [3.05, 3.63) is 65.2 Å². The maximum absolute atomic E-state index is 12.1. The Balaban J connectivity index is 2.12. The van der Waals surface area contributed by atoms with Gasteiger partial charge in [-0.15, -0.1) is 0 Å². The minimum atomic E-state index is -0.945. The first-order chi connectivity index (χ1) is 10.1. The van der Waals surface area contributed by atoms with Gasteiger partial charge in [0.15, 0.2) is 0 Å². The van der Waals surface area contributed by atoms with E-state index in [0.717, 1.165) is 0 Å². The molecule has 21 heavy (non-hydrogen) atoms. The topological polar surface area (TPSA) is 90.2 Å². The molecule has 0 aliphatic carbocycles. The fourth-order valence-corrected chi connectivity index (χ4v) is 1.83. The lowest BCUT2D eigenvalue weighted by Crippen LogP contribution is -2.12. The second-order valence-electron chi connectivity index (χ2n) is 4.41. The number of benzene rings is 2. The zero-order chi connectivity index (χ0) is 15.2. The Morgan fingerprint density at radius 2 is 1.86 bits per heavy atom. The molecule has 0 heterocycles. The SMILES string of the molecule is N#Cc1ccc(NC(=O)c2cccc(CC(=O)O)c2)cc1. The molecule has 104 valence electrons. The molecule has 2 aromatic rings. The summed E-state index contributed by atoms with van der Waals surface area (Å²) in [6.45, 7) is 0. The zero-order valence-corrected chi connectivity index (χ0v) is 11.0. The number of nitriles is 1. The van der Waals surface area contributed by atoms with Gasteiger partial charge in [0, 0.05) is 11.3 Å². The van der Waals surface area contributed by atoms with E-state index < -0.39 is 5.97 Å². The summed E-state index contributed by atoms with van der Waals surface area (Å²) in [6, 6.07) is 15.0. The summed E-state index contributed by atoms with van der Waals surface area (Å²) in [7, 11) is 0. The Morgan fingerprint density at radius 3 is 2.48 bits per heavy atom. The first-order valence-corrected chi connectivity index (χ1v) is 6.21. The molecule has 0 spiro atoms. The smallest absolute Gasteiger partial charge is 0.307 e. The van der Waals surface area contributed by atoms with Crippen LogP contribution in [0.4, 0.5) is 5.69 Å². The Morgan fingerprint density at radius 1 is 1.14 bits per heavy atom. The van der Waals surface area contributed by atoms with Crippen LogP contribution in [-0.2, 0) is 11.2 Å². The van der Waals surface area contributed by atoms with E-state index in [4.69, 9.17) is 10.4 Å². The molecule has 0 radical (unpaired) electrons. The lowest BCUT2D eigenvalue weighted by Gasteiger charge is -2.06. The first kappa shape index (κ1) is 14.3. The van der Waals surface area contributed by atoms with Crippen LogP contribution in [0, 0.1) is 11.3 Å². The van der Waals surface area contributed by atoms with Crippen molar-refractivity contribution >= 4 is 17.6 Å². The summed E-state index contributed by atoms with van der Waals surface area (Å²) in [5.74, 6) is -1.27. The molecule has 0 aromatic heterocycles. The molecule has 0 aliphatic rings. The van der Waals surface area contributed by atoms with Gasteiger partial charge in [-0.2, -0.15) is 5.26 Å². The lowest BCUT2D eigenvalue weighted by molar-refractivity contribution is -0.136. The predicted octanol–water partition coefficient (Wildman–Crippen LogP) is 2.44. The third kappa shape index (κ3) is 3.91. The van der Waals surface area contributed by atoms with Crippen molar-refractivity contribution in [2.75, 3.05) is 5.32 Å². The summed E-state index contributed by atoms with van der Waals surface area (Å²) >= 11 is 0. The molecular formula is C16H12N2O3. The van der Waals surface area contributed by atoms with E-state index in [9.17, 15) is 9.59 Å². The van der Waals surface area contributed by atoms with Crippen LogP contribution in [0.3, 0.4) is 0 Å². The number of nitrogens with zero attached hydrogens (tertiary/aromatic N) is 1. The number of carbonyl (C=O) groups excluding carboxylic acids is 1. The van der Waals surface area contributed by atoms with Crippen LogP contribution >= 0.6 is 0 Å². The Hall–Kier alpha value is -3.13. The van der Waals surface area contributed by atoms with Gasteiger partial charge in [0.25, 0.3) is 5.91 Å². The predicted molar refractivity (Wildman–Crippen MR) is 76.9 cm³/mol. The monoisotopic (exact) mass is 280 g/mol. The molecule has 0 saturated carbocycles. The van der Waals surface area contributed by atoms with Gasteiger partial charge in [-0.3, -0.25) is 9.59 Å². The average Bonchev–Trinajstić information content (AvgIpc) is 2.47.